The van der Waals surface area contributed by atoms with Crippen LogP contribution in [-0.2, 0) is 9.59 Å². The fourth-order valence-corrected chi connectivity index (χ4v) is 0.495. The van der Waals surface area contributed by atoms with Gasteiger partial charge in [-0.3, -0.25) is 9.59 Å². The molecule has 0 fully saturated rings. The Hall–Kier alpha value is -1.32. The van der Waals surface area contributed by atoms with Gasteiger partial charge in [-0.25, -0.2) is 0 Å². The third-order valence-electron chi connectivity index (χ3n) is 1.24. The third-order valence-corrected chi connectivity index (χ3v) is 1.24. The van der Waals surface area contributed by atoms with E-state index in [-0.39, 0.29) is 24.4 Å². The van der Waals surface area contributed by atoms with Crippen molar-refractivity contribution in [2.75, 3.05) is 6.67 Å². The summed E-state index contributed by atoms with van der Waals surface area (Å²) in [5.41, 5.74) is 0. The summed E-state index contributed by atoms with van der Waals surface area (Å²) in [6.45, 7) is 6.99. The molecule has 0 aliphatic carbocycles. The molecule has 2 amide bonds. The van der Waals surface area contributed by atoms with Crippen molar-refractivity contribution < 1.29 is 9.59 Å². The van der Waals surface area contributed by atoms with Gasteiger partial charge in [0.2, 0.25) is 11.8 Å². The average molecular weight is 170 g/mol. The molecule has 0 bridgehead atoms. The van der Waals surface area contributed by atoms with E-state index in [4.69, 9.17) is 0 Å². The van der Waals surface area contributed by atoms with Crippen molar-refractivity contribution in [2.24, 2.45) is 5.92 Å². The minimum Gasteiger partial charge on any atom is -0.338 e. The first kappa shape index (κ1) is 10.7. The largest absolute Gasteiger partial charge is 0.338 e. The number of hydrogen-bond acceptors (Lipinski definition) is 2. The van der Waals surface area contributed by atoms with Gasteiger partial charge in [0.15, 0.2) is 0 Å². The molecule has 0 aromatic heterocycles. The van der Waals surface area contributed by atoms with Crippen molar-refractivity contribution in [3.05, 3.63) is 12.7 Å². The molecule has 0 rings (SSSR count). The average Bonchev–Trinajstić information content (AvgIpc) is 2.03. The van der Waals surface area contributed by atoms with Crippen LogP contribution in [0.1, 0.15) is 13.8 Å². The molecule has 12 heavy (non-hydrogen) atoms. The highest BCUT2D eigenvalue weighted by Gasteiger charge is 2.04. The number of nitrogens with one attached hydrogen (secondary N) is 2. The molecule has 0 radical (unpaired) electrons. The van der Waals surface area contributed by atoms with E-state index in [1.807, 2.05) is 0 Å². The predicted octanol–water partition coefficient (Wildman–Crippen LogP) is 0.0183. The van der Waals surface area contributed by atoms with Crippen molar-refractivity contribution >= 4 is 11.8 Å². The highest BCUT2D eigenvalue weighted by molar-refractivity contribution is 5.87. The van der Waals surface area contributed by atoms with Crippen LogP contribution in [0.3, 0.4) is 0 Å². The van der Waals surface area contributed by atoms with Gasteiger partial charge in [-0.05, 0) is 6.08 Å². The maximum atomic E-state index is 10.9. The molecular formula is C8H14N2O2. The Bertz CT molecular complexity index is 187. The van der Waals surface area contributed by atoms with Gasteiger partial charge in [0.05, 0.1) is 6.67 Å². The van der Waals surface area contributed by atoms with Gasteiger partial charge in [-0.2, -0.15) is 0 Å². The molecule has 4 nitrogen and oxygen atoms in total. The zero-order valence-corrected chi connectivity index (χ0v) is 7.39. The van der Waals surface area contributed by atoms with Crippen LogP contribution in [0.5, 0.6) is 0 Å². The van der Waals surface area contributed by atoms with Crippen LogP contribution >= 0.6 is 0 Å². The van der Waals surface area contributed by atoms with Gasteiger partial charge in [0.1, 0.15) is 0 Å². The highest BCUT2D eigenvalue weighted by atomic mass is 16.2. The van der Waals surface area contributed by atoms with Crippen molar-refractivity contribution in [3.8, 4) is 0 Å². The maximum Gasteiger partial charge on any atom is 0.244 e. The van der Waals surface area contributed by atoms with E-state index >= 15 is 0 Å². The zero-order chi connectivity index (χ0) is 9.56. The molecule has 0 saturated carbocycles. The lowest BCUT2D eigenvalue weighted by molar-refractivity contribution is -0.124. The number of amides is 2. The summed E-state index contributed by atoms with van der Waals surface area (Å²) in [7, 11) is 0. The zero-order valence-electron chi connectivity index (χ0n) is 7.39. The third kappa shape index (κ3) is 4.49. The second-order valence-corrected chi connectivity index (χ2v) is 2.62. The first-order valence-electron chi connectivity index (χ1n) is 3.76. The van der Waals surface area contributed by atoms with E-state index < -0.39 is 0 Å². The first-order chi connectivity index (χ1) is 5.57. The summed E-state index contributed by atoms with van der Waals surface area (Å²) < 4.78 is 0. The molecule has 0 saturated heterocycles. The topological polar surface area (TPSA) is 58.2 Å². The van der Waals surface area contributed by atoms with Crippen LogP contribution in [0.15, 0.2) is 12.7 Å². The van der Waals surface area contributed by atoms with Gasteiger partial charge in [-0.15, -0.1) is 0 Å². The van der Waals surface area contributed by atoms with Crippen molar-refractivity contribution in [1.82, 2.24) is 10.6 Å². The minimum atomic E-state index is -0.293. The molecule has 0 spiro atoms. The molecule has 68 valence electrons. The molecular weight excluding hydrogens is 156 g/mol. The normalized spacial score (nSPS) is 9.25. The highest BCUT2D eigenvalue weighted by Crippen LogP contribution is 1.88. The Balaban J connectivity index is 3.50. The fourth-order valence-electron chi connectivity index (χ4n) is 0.495. The predicted molar refractivity (Wildman–Crippen MR) is 46.2 cm³/mol. The van der Waals surface area contributed by atoms with Crippen LogP contribution in [0, 0.1) is 5.92 Å². The maximum absolute atomic E-state index is 10.9. The van der Waals surface area contributed by atoms with Gasteiger partial charge in [-0.1, -0.05) is 20.4 Å². The Morgan fingerprint density at radius 3 is 2.42 bits per heavy atom. The molecule has 0 aromatic rings. The van der Waals surface area contributed by atoms with E-state index in [2.05, 4.69) is 17.2 Å². The van der Waals surface area contributed by atoms with E-state index in [1.54, 1.807) is 13.8 Å². The minimum absolute atomic E-state index is 0.0642. The molecule has 0 unspecified atom stereocenters. The van der Waals surface area contributed by atoms with Crippen molar-refractivity contribution in [1.29, 1.82) is 0 Å². The van der Waals surface area contributed by atoms with E-state index in [1.165, 1.54) is 0 Å². The Morgan fingerprint density at radius 1 is 1.42 bits per heavy atom. The second-order valence-electron chi connectivity index (χ2n) is 2.62. The van der Waals surface area contributed by atoms with Crippen LogP contribution in [0.2, 0.25) is 0 Å². The fraction of sp³-hybridized carbons (Fsp3) is 0.500. The lowest BCUT2D eigenvalue weighted by Crippen LogP contribution is -2.38. The van der Waals surface area contributed by atoms with Crippen LogP contribution in [0.4, 0.5) is 0 Å². The van der Waals surface area contributed by atoms with Gasteiger partial charge >= 0.3 is 0 Å². The Morgan fingerprint density at radius 2 is 2.00 bits per heavy atom. The van der Waals surface area contributed by atoms with Crippen molar-refractivity contribution in [3.63, 3.8) is 0 Å². The Kier molecular flexibility index (Phi) is 4.76. The molecule has 4 heteroatoms. The molecule has 0 atom stereocenters. The standard InChI is InChI=1S/C8H14N2O2/c1-4-7(11)9-5-10-8(12)6(2)3/h4,6H,1,5H2,2-3H3,(H,9,11)(H,10,12). The smallest absolute Gasteiger partial charge is 0.244 e. The molecule has 0 heterocycles. The summed E-state index contributed by atoms with van der Waals surface area (Å²) in [4.78, 5) is 21.5. The number of rotatable bonds is 4. The lowest BCUT2D eigenvalue weighted by Gasteiger charge is -2.07. The molecule has 2 N–H and O–H groups in total. The van der Waals surface area contributed by atoms with Crippen LogP contribution in [0.25, 0.3) is 0 Å². The monoisotopic (exact) mass is 170 g/mol. The van der Waals surface area contributed by atoms with E-state index in [0.717, 1.165) is 6.08 Å². The van der Waals surface area contributed by atoms with Crippen molar-refractivity contribution in [2.45, 2.75) is 13.8 Å². The Labute approximate surface area is 72.0 Å². The quantitative estimate of drug-likeness (QED) is 0.461. The summed E-state index contributed by atoms with van der Waals surface area (Å²) in [5, 5.41) is 4.96. The molecule has 0 aliphatic rings. The van der Waals surface area contributed by atoms with Crippen LogP contribution in [-0.4, -0.2) is 18.5 Å². The lowest BCUT2D eigenvalue weighted by atomic mass is 10.2. The van der Waals surface area contributed by atoms with E-state index in [0.29, 0.717) is 0 Å². The summed E-state index contributed by atoms with van der Waals surface area (Å²) in [5.74, 6) is -0.441. The van der Waals surface area contributed by atoms with E-state index in [9.17, 15) is 9.59 Å². The first-order valence-corrected chi connectivity index (χ1v) is 3.76. The van der Waals surface area contributed by atoms with Gasteiger partial charge in [0, 0.05) is 5.92 Å². The summed E-state index contributed by atoms with van der Waals surface area (Å²) in [6, 6.07) is 0. The summed E-state index contributed by atoms with van der Waals surface area (Å²) in [6.07, 6.45) is 1.15. The second kappa shape index (κ2) is 5.35. The number of carbonyl (C=O) groups is 2. The van der Waals surface area contributed by atoms with Crippen LogP contribution < -0.4 is 10.6 Å². The van der Waals surface area contributed by atoms with Gasteiger partial charge in [0.25, 0.3) is 0 Å². The number of carbonyl (C=O) groups excluding carboxylic acids is 2. The van der Waals surface area contributed by atoms with Gasteiger partial charge < -0.3 is 10.6 Å². The molecule has 0 aromatic carbocycles. The summed E-state index contributed by atoms with van der Waals surface area (Å²) >= 11 is 0. The SMILES string of the molecule is C=CC(=O)NCNC(=O)C(C)C. The number of hydrogen-bond donors (Lipinski definition) is 2. The molecule has 0 aliphatic heterocycles.